The minimum Gasteiger partial charge on any atom is -0.480 e. The molecule has 0 aromatic rings. The molecule has 0 aromatic heterocycles. The summed E-state index contributed by atoms with van der Waals surface area (Å²) < 4.78 is 61.2. The third-order valence-electron chi connectivity index (χ3n) is 2.24. The second-order valence-corrected chi connectivity index (χ2v) is 6.40. The van der Waals surface area contributed by atoms with Crippen molar-refractivity contribution in [3.63, 3.8) is 0 Å². The van der Waals surface area contributed by atoms with E-state index in [-0.39, 0.29) is 12.3 Å². The molecule has 18 heavy (non-hydrogen) atoms. The molecule has 0 spiro atoms. The molecule has 0 saturated heterocycles. The Morgan fingerprint density at radius 3 is 2.00 bits per heavy atom. The molecule has 1 unspecified atom stereocenters. The van der Waals surface area contributed by atoms with Crippen LogP contribution in [0.1, 0.15) is 27.2 Å². The van der Waals surface area contributed by atoms with Crippen LogP contribution in [0.5, 0.6) is 0 Å². The fraction of sp³-hybridized carbons (Fsp3) is 0.889. The lowest BCUT2D eigenvalue weighted by atomic mass is 10.1. The molecule has 0 heterocycles. The van der Waals surface area contributed by atoms with Gasteiger partial charge in [0.25, 0.3) is 0 Å². The van der Waals surface area contributed by atoms with E-state index < -0.39 is 33.5 Å². The first kappa shape index (κ1) is 17.2. The van der Waals surface area contributed by atoms with Gasteiger partial charge in [-0.2, -0.15) is 13.2 Å². The first-order valence-electron chi connectivity index (χ1n) is 5.18. The van der Waals surface area contributed by atoms with Gasteiger partial charge in [-0.15, -0.1) is 0 Å². The van der Waals surface area contributed by atoms with Crippen LogP contribution in [-0.4, -0.2) is 37.0 Å². The quantitative estimate of drug-likeness (QED) is 0.774. The maximum absolute atomic E-state index is 12.3. The van der Waals surface area contributed by atoms with Crippen molar-refractivity contribution in [3.8, 4) is 0 Å². The van der Waals surface area contributed by atoms with Gasteiger partial charge in [0.1, 0.15) is 6.04 Å². The summed E-state index contributed by atoms with van der Waals surface area (Å²) in [6, 6.07) is -1.56. The van der Waals surface area contributed by atoms with E-state index in [2.05, 4.69) is 0 Å². The van der Waals surface area contributed by atoms with E-state index in [1.807, 2.05) is 0 Å². The van der Waals surface area contributed by atoms with Gasteiger partial charge < -0.3 is 5.11 Å². The standard InChI is InChI=1S/C9H16F3NO4S/c1-5(2)4-7(8(14)15)13-18(16,17)6(3)9(10,11)12/h5-7,13H,4H2,1-3H3,(H,14,15)/t6?,7-/m0/s1. The van der Waals surface area contributed by atoms with E-state index in [1.54, 1.807) is 18.6 Å². The van der Waals surface area contributed by atoms with Crippen LogP contribution >= 0.6 is 0 Å². The van der Waals surface area contributed by atoms with Gasteiger partial charge in [0.15, 0.2) is 5.25 Å². The Kier molecular flexibility index (Phi) is 5.60. The van der Waals surface area contributed by atoms with Crippen LogP contribution in [0.2, 0.25) is 0 Å². The second kappa shape index (κ2) is 5.87. The third kappa shape index (κ3) is 5.21. The highest BCUT2D eigenvalue weighted by atomic mass is 32.2. The molecule has 0 saturated carbocycles. The molecule has 0 aliphatic carbocycles. The van der Waals surface area contributed by atoms with E-state index in [0.717, 1.165) is 0 Å². The van der Waals surface area contributed by atoms with Crippen LogP contribution in [0.3, 0.4) is 0 Å². The summed E-state index contributed by atoms with van der Waals surface area (Å²) in [5, 5.41) is 6.11. The summed E-state index contributed by atoms with van der Waals surface area (Å²) in [5.41, 5.74) is 0. The van der Waals surface area contributed by atoms with Crippen molar-refractivity contribution in [3.05, 3.63) is 0 Å². The number of hydrogen-bond acceptors (Lipinski definition) is 3. The van der Waals surface area contributed by atoms with Crippen LogP contribution < -0.4 is 4.72 Å². The second-order valence-electron chi connectivity index (χ2n) is 4.37. The molecule has 0 rings (SSSR count). The minimum atomic E-state index is -4.94. The number of hydrogen-bond donors (Lipinski definition) is 2. The fourth-order valence-electron chi connectivity index (χ4n) is 1.15. The Labute approximate surface area is 103 Å². The van der Waals surface area contributed by atoms with Crippen molar-refractivity contribution in [2.45, 2.75) is 44.7 Å². The van der Waals surface area contributed by atoms with Crippen molar-refractivity contribution in [2.75, 3.05) is 0 Å². The van der Waals surface area contributed by atoms with E-state index in [0.29, 0.717) is 6.92 Å². The molecule has 2 atom stereocenters. The average molecular weight is 291 g/mol. The molecule has 0 aliphatic heterocycles. The monoisotopic (exact) mass is 291 g/mol. The van der Waals surface area contributed by atoms with Crippen molar-refractivity contribution in [2.24, 2.45) is 5.92 Å². The van der Waals surface area contributed by atoms with Gasteiger partial charge in [0.2, 0.25) is 10.0 Å². The molecule has 0 fully saturated rings. The number of carboxylic acid groups (broad SMARTS) is 1. The van der Waals surface area contributed by atoms with Crippen molar-refractivity contribution in [1.29, 1.82) is 0 Å². The summed E-state index contributed by atoms with van der Waals surface area (Å²) in [6.07, 6.45) is -5.02. The Bertz CT molecular complexity index is 391. The highest BCUT2D eigenvalue weighted by molar-refractivity contribution is 7.90. The SMILES string of the molecule is CC(C)C[C@H](NS(=O)(=O)C(C)C(F)(F)F)C(=O)O. The minimum absolute atomic E-state index is 0.0842. The molecule has 0 aromatic carbocycles. The van der Waals surface area contributed by atoms with Crippen LogP contribution in [-0.2, 0) is 14.8 Å². The smallest absolute Gasteiger partial charge is 0.406 e. The number of halogens is 3. The van der Waals surface area contributed by atoms with E-state index >= 15 is 0 Å². The maximum Gasteiger partial charge on any atom is 0.406 e. The molecule has 0 aliphatic rings. The van der Waals surface area contributed by atoms with Crippen LogP contribution in [0.4, 0.5) is 13.2 Å². The predicted molar refractivity (Wildman–Crippen MR) is 58.5 cm³/mol. The van der Waals surface area contributed by atoms with Crippen molar-refractivity contribution >= 4 is 16.0 Å². The van der Waals surface area contributed by atoms with Crippen LogP contribution in [0.15, 0.2) is 0 Å². The van der Waals surface area contributed by atoms with Gasteiger partial charge in [-0.3, -0.25) is 4.79 Å². The van der Waals surface area contributed by atoms with Gasteiger partial charge in [0, 0.05) is 0 Å². The predicted octanol–water partition coefficient (Wildman–Crippen LogP) is 1.36. The lowest BCUT2D eigenvalue weighted by molar-refractivity contribution is -0.139. The zero-order valence-electron chi connectivity index (χ0n) is 10.2. The molecular formula is C9H16F3NO4S. The Balaban J connectivity index is 4.99. The highest BCUT2D eigenvalue weighted by Crippen LogP contribution is 2.25. The Morgan fingerprint density at radius 1 is 1.28 bits per heavy atom. The molecule has 2 N–H and O–H groups in total. The number of sulfonamides is 1. The van der Waals surface area contributed by atoms with Gasteiger partial charge in [-0.1, -0.05) is 13.8 Å². The number of aliphatic carboxylic acids is 1. The van der Waals surface area contributed by atoms with E-state index in [9.17, 15) is 26.4 Å². The van der Waals surface area contributed by atoms with Gasteiger partial charge in [-0.05, 0) is 19.3 Å². The summed E-state index contributed by atoms with van der Waals surface area (Å²) in [7, 11) is -4.76. The lowest BCUT2D eigenvalue weighted by Crippen LogP contribution is -2.48. The molecule has 0 amide bonds. The molecule has 0 radical (unpaired) electrons. The number of alkyl halides is 3. The Morgan fingerprint density at radius 2 is 1.72 bits per heavy atom. The number of rotatable bonds is 6. The van der Waals surface area contributed by atoms with Crippen LogP contribution in [0.25, 0.3) is 0 Å². The molecule has 0 bridgehead atoms. The first-order valence-corrected chi connectivity index (χ1v) is 6.73. The summed E-state index contributed by atoms with van der Waals surface area (Å²) in [4.78, 5) is 10.8. The highest BCUT2D eigenvalue weighted by Gasteiger charge is 2.46. The van der Waals surface area contributed by atoms with Gasteiger partial charge in [0.05, 0.1) is 0 Å². The van der Waals surface area contributed by atoms with Gasteiger partial charge in [-0.25, -0.2) is 13.1 Å². The first-order chi connectivity index (χ1) is 7.88. The molecule has 5 nitrogen and oxygen atoms in total. The molecule has 108 valence electrons. The zero-order valence-corrected chi connectivity index (χ0v) is 11.0. The van der Waals surface area contributed by atoms with Crippen molar-refractivity contribution < 1.29 is 31.5 Å². The van der Waals surface area contributed by atoms with E-state index in [1.165, 1.54) is 0 Å². The van der Waals surface area contributed by atoms with E-state index in [4.69, 9.17) is 5.11 Å². The number of carbonyl (C=O) groups is 1. The fourth-order valence-corrected chi connectivity index (χ4v) is 2.30. The van der Waals surface area contributed by atoms with Crippen LogP contribution in [0, 0.1) is 5.92 Å². The van der Waals surface area contributed by atoms with Gasteiger partial charge >= 0.3 is 12.1 Å². The largest absolute Gasteiger partial charge is 0.480 e. The average Bonchev–Trinajstić information content (AvgIpc) is 2.12. The normalized spacial score (nSPS) is 16.6. The summed E-state index contributed by atoms with van der Waals surface area (Å²) in [5.74, 6) is -1.67. The lowest BCUT2D eigenvalue weighted by Gasteiger charge is -2.21. The maximum atomic E-state index is 12.3. The zero-order chi connectivity index (χ0) is 14.7. The topological polar surface area (TPSA) is 83.5 Å². The number of carboxylic acids is 1. The molecular weight excluding hydrogens is 275 g/mol. The third-order valence-corrected chi connectivity index (χ3v) is 4.05. The Hall–Kier alpha value is -0.830. The summed E-state index contributed by atoms with van der Waals surface area (Å²) in [6.45, 7) is 3.74. The summed E-state index contributed by atoms with van der Waals surface area (Å²) >= 11 is 0. The van der Waals surface area contributed by atoms with Crippen molar-refractivity contribution in [1.82, 2.24) is 4.72 Å². The number of nitrogens with one attached hydrogen (secondary N) is 1. The molecule has 9 heteroatoms.